The highest BCUT2D eigenvalue weighted by Gasteiger charge is 2.36. The second-order valence-electron chi connectivity index (χ2n) is 6.82. The van der Waals surface area contributed by atoms with E-state index in [0.717, 1.165) is 9.37 Å². The summed E-state index contributed by atoms with van der Waals surface area (Å²) >= 11 is 3.29. The highest BCUT2D eigenvalue weighted by Crippen LogP contribution is 2.26. The zero-order valence-electron chi connectivity index (χ0n) is 16.1. The number of benzene rings is 2. The molecule has 1 aromatic heterocycles. The molecule has 1 aliphatic rings. The van der Waals surface area contributed by atoms with Gasteiger partial charge in [-0.15, -0.1) is 0 Å². The van der Waals surface area contributed by atoms with Crippen molar-refractivity contribution in [2.75, 3.05) is 6.61 Å². The molecule has 0 unspecified atom stereocenters. The number of hydrogen-bond donors (Lipinski definition) is 0. The van der Waals surface area contributed by atoms with Crippen molar-refractivity contribution < 1.29 is 23.9 Å². The molecule has 0 spiro atoms. The number of fused-ring (bicyclic) bond motifs is 1. The molecule has 7 nitrogen and oxygen atoms in total. The molecule has 0 N–H and O–H groups in total. The van der Waals surface area contributed by atoms with Gasteiger partial charge in [0, 0.05) is 22.4 Å². The van der Waals surface area contributed by atoms with E-state index >= 15 is 0 Å². The van der Waals surface area contributed by atoms with Crippen LogP contribution in [0.1, 0.15) is 47.0 Å². The number of carbonyl (C=O) groups excluding carboxylic acids is 4. The number of rotatable bonds is 6. The molecule has 8 heteroatoms. The summed E-state index contributed by atoms with van der Waals surface area (Å²) in [7, 11) is 0. The van der Waals surface area contributed by atoms with Gasteiger partial charge >= 0.3 is 5.97 Å². The summed E-state index contributed by atoms with van der Waals surface area (Å²) in [6.07, 6.45) is 3.18. The molecule has 4 rings (SSSR count). The van der Waals surface area contributed by atoms with E-state index in [1.807, 2.05) is 0 Å². The Hall–Kier alpha value is -3.65. The third kappa shape index (κ3) is 4.29. The van der Waals surface area contributed by atoms with Gasteiger partial charge in [0.05, 0.1) is 23.2 Å². The molecule has 0 radical (unpaired) electrons. The summed E-state index contributed by atoms with van der Waals surface area (Å²) in [4.78, 5) is 55.0. The van der Waals surface area contributed by atoms with Crippen LogP contribution < -0.4 is 0 Å². The third-order valence-corrected chi connectivity index (χ3v) is 5.30. The van der Waals surface area contributed by atoms with Crippen LogP contribution in [0.25, 0.3) is 0 Å². The maximum Gasteiger partial charge on any atom is 0.338 e. The van der Waals surface area contributed by atoms with E-state index in [-0.39, 0.29) is 29.0 Å². The van der Waals surface area contributed by atoms with E-state index < -0.39 is 24.4 Å². The average molecular weight is 479 g/mol. The lowest BCUT2D eigenvalue weighted by Gasteiger charge is -2.13. The van der Waals surface area contributed by atoms with E-state index in [9.17, 15) is 19.2 Å². The van der Waals surface area contributed by atoms with Crippen LogP contribution in [0.3, 0.4) is 0 Å². The number of imide groups is 1. The van der Waals surface area contributed by atoms with Gasteiger partial charge in [-0.05, 0) is 42.0 Å². The Morgan fingerprint density at radius 3 is 2.35 bits per heavy atom. The SMILES string of the molecule is O=C(COC(=O)c1ccc2c(c1)C(=O)N(Cc1cccnc1)C2=O)c1ccc(Br)cc1. The van der Waals surface area contributed by atoms with Crippen LogP contribution in [0.2, 0.25) is 0 Å². The number of amides is 2. The van der Waals surface area contributed by atoms with Gasteiger partial charge in [-0.25, -0.2) is 4.79 Å². The van der Waals surface area contributed by atoms with Crippen LogP contribution in [0.5, 0.6) is 0 Å². The molecule has 0 saturated heterocycles. The van der Waals surface area contributed by atoms with Crippen LogP contribution in [0, 0.1) is 0 Å². The van der Waals surface area contributed by atoms with Crippen molar-refractivity contribution in [3.05, 3.63) is 99.3 Å². The molecule has 0 saturated carbocycles. The lowest BCUT2D eigenvalue weighted by Crippen LogP contribution is -2.29. The summed E-state index contributed by atoms with van der Waals surface area (Å²) < 4.78 is 5.93. The third-order valence-electron chi connectivity index (χ3n) is 4.77. The number of ether oxygens (including phenoxy) is 1. The number of halogens is 1. The number of esters is 1. The second-order valence-corrected chi connectivity index (χ2v) is 7.74. The van der Waals surface area contributed by atoms with Crippen molar-refractivity contribution in [1.82, 2.24) is 9.88 Å². The molecule has 31 heavy (non-hydrogen) atoms. The fraction of sp³-hybridized carbons (Fsp3) is 0.0870. The van der Waals surface area contributed by atoms with E-state index in [0.29, 0.717) is 11.1 Å². The smallest absolute Gasteiger partial charge is 0.338 e. The second kappa shape index (κ2) is 8.61. The Kier molecular flexibility index (Phi) is 5.73. The Morgan fingerprint density at radius 2 is 1.65 bits per heavy atom. The molecule has 154 valence electrons. The Morgan fingerprint density at radius 1 is 0.935 bits per heavy atom. The minimum Gasteiger partial charge on any atom is -0.454 e. The summed E-state index contributed by atoms with van der Waals surface area (Å²) in [5, 5.41) is 0. The van der Waals surface area contributed by atoms with E-state index in [4.69, 9.17) is 4.74 Å². The zero-order chi connectivity index (χ0) is 22.0. The fourth-order valence-electron chi connectivity index (χ4n) is 3.17. The lowest BCUT2D eigenvalue weighted by molar-refractivity contribution is 0.0474. The fourth-order valence-corrected chi connectivity index (χ4v) is 3.43. The Balaban J connectivity index is 1.46. The molecular weight excluding hydrogens is 464 g/mol. The maximum absolute atomic E-state index is 12.7. The Bertz CT molecular complexity index is 1190. The molecule has 2 heterocycles. The van der Waals surface area contributed by atoms with Crippen molar-refractivity contribution in [2.24, 2.45) is 0 Å². The first-order chi connectivity index (χ1) is 14.9. The molecule has 0 atom stereocenters. The molecule has 2 amide bonds. The van der Waals surface area contributed by atoms with Gasteiger partial charge < -0.3 is 4.74 Å². The normalized spacial score (nSPS) is 12.6. The Labute approximate surface area is 185 Å². The predicted molar refractivity (Wildman–Crippen MR) is 114 cm³/mol. The van der Waals surface area contributed by atoms with E-state index in [2.05, 4.69) is 20.9 Å². The first-order valence-electron chi connectivity index (χ1n) is 9.29. The predicted octanol–water partition coefficient (Wildman–Crippen LogP) is 3.68. The van der Waals surface area contributed by atoms with Gasteiger partial charge in [0.25, 0.3) is 11.8 Å². The van der Waals surface area contributed by atoms with Crippen LogP contribution in [-0.4, -0.2) is 40.1 Å². The van der Waals surface area contributed by atoms with Crippen molar-refractivity contribution in [3.8, 4) is 0 Å². The summed E-state index contributed by atoms with van der Waals surface area (Å²) in [6.45, 7) is -0.348. The number of Topliss-reactive ketones (excluding diaryl/α,β-unsaturated/α-hetero) is 1. The minimum atomic E-state index is -0.751. The summed E-state index contributed by atoms with van der Waals surface area (Å²) in [5.74, 6) is -2.03. The largest absolute Gasteiger partial charge is 0.454 e. The van der Waals surface area contributed by atoms with Crippen LogP contribution in [0.4, 0.5) is 0 Å². The molecule has 0 aliphatic carbocycles. The van der Waals surface area contributed by atoms with Crippen molar-refractivity contribution >= 4 is 39.5 Å². The number of hydrogen-bond acceptors (Lipinski definition) is 6. The van der Waals surface area contributed by atoms with Crippen LogP contribution >= 0.6 is 15.9 Å². The number of nitrogens with zero attached hydrogens (tertiary/aromatic N) is 2. The number of aromatic nitrogens is 1. The molecule has 0 fully saturated rings. The number of pyridine rings is 1. The van der Waals surface area contributed by atoms with Crippen LogP contribution in [-0.2, 0) is 11.3 Å². The first kappa shape index (κ1) is 20.6. The molecule has 1 aliphatic heterocycles. The maximum atomic E-state index is 12.7. The summed E-state index contributed by atoms with van der Waals surface area (Å²) in [6, 6.07) is 14.3. The minimum absolute atomic E-state index is 0.0850. The van der Waals surface area contributed by atoms with Crippen LogP contribution in [0.15, 0.2) is 71.5 Å². The molecule has 3 aromatic rings. The zero-order valence-corrected chi connectivity index (χ0v) is 17.7. The monoisotopic (exact) mass is 478 g/mol. The van der Waals surface area contributed by atoms with Gasteiger partial charge in [-0.3, -0.25) is 24.3 Å². The highest BCUT2D eigenvalue weighted by atomic mass is 79.9. The topological polar surface area (TPSA) is 93.6 Å². The average Bonchev–Trinajstić information content (AvgIpc) is 3.02. The van der Waals surface area contributed by atoms with Crippen molar-refractivity contribution in [2.45, 2.75) is 6.54 Å². The quantitative estimate of drug-likeness (QED) is 0.304. The van der Waals surface area contributed by atoms with E-state index in [1.165, 1.54) is 18.2 Å². The van der Waals surface area contributed by atoms with Gasteiger partial charge in [-0.1, -0.05) is 34.1 Å². The first-order valence-corrected chi connectivity index (χ1v) is 10.1. The molecule has 2 aromatic carbocycles. The molecule has 0 bridgehead atoms. The van der Waals surface area contributed by atoms with Gasteiger partial charge in [0.1, 0.15) is 0 Å². The lowest BCUT2D eigenvalue weighted by atomic mass is 10.1. The number of carbonyl (C=O) groups is 4. The van der Waals surface area contributed by atoms with Crippen molar-refractivity contribution in [1.29, 1.82) is 0 Å². The van der Waals surface area contributed by atoms with Gasteiger partial charge in [0.2, 0.25) is 0 Å². The van der Waals surface area contributed by atoms with Gasteiger partial charge in [-0.2, -0.15) is 0 Å². The standard InChI is InChI=1S/C23H15BrN2O5/c24-17-6-3-15(4-7-17)20(27)13-31-23(30)16-5-8-18-19(10-16)22(29)26(21(18)28)12-14-2-1-9-25-11-14/h1-11H,12-13H2. The van der Waals surface area contributed by atoms with E-state index in [1.54, 1.807) is 48.8 Å². The van der Waals surface area contributed by atoms with Crippen molar-refractivity contribution in [3.63, 3.8) is 0 Å². The highest BCUT2D eigenvalue weighted by molar-refractivity contribution is 9.10. The van der Waals surface area contributed by atoms with Gasteiger partial charge in [0.15, 0.2) is 12.4 Å². The molecular formula is C23H15BrN2O5. The summed E-state index contributed by atoms with van der Waals surface area (Å²) in [5.41, 5.74) is 1.56. The number of ketones is 1.